The second kappa shape index (κ2) is 9.95. The molecule has 176 valence electrons. The molecule has 1 aliphatic heterocycles. The van der Waals surface area contributed by atoms with Gasteiger partial charge in [-0.2, -0.15) is 0 Å². The molecule has 8 heteroatoms. The summed E-state index contributed by atoms with van der Waals surface area (Å²) in [5.74, 6) is -0.134. The fourth-order valence-electron chi connectivity index (χ4n) is 4.05. The highest BCUT2D eigenvalue weighted by Crippen LogP contribution is 2.45. The van der Waals surface area contributed by atoms with Crippen molar-refractivity contribution in [3.8, 4) is 17.2 Å². The van der Waals surface area contributed by atoms with Gasteiger partial charge in [-0.1, -0.05) is 12.1 Å². The average molecular weight is 455 g/mol. The number of ether oxygens (including phenoxy) is 3. The average Bonchev–Trinajstić information content (AvgIpc) is 3.06. The molecule has 1 N–H and O–H groups in total. The third kappa shape index (κ3) is 4.52. The molecule has 2 aromatic carbocycles. The van der Waals surface area contributed by atoms with Crippen LogP contribution in [0.3, 0.4) is 0 Å². The molecule has 8 nitrogen and oxygen atoms in total. The molecular formula is C25H30N2O6. The van der Waals surface area contributed by atoms with Crippen LogP contribution in [0, 0.1) is 6.92 Å². The number of aliphatic hydroxyl groups excluding tert-OH is 1. The number of ketones is 1. The maximum absolute atomic E-state index is 13.2. The van der Waals surface area contributed by atoms with E-state index in [9.17, 15) is 14.7 Å². The zero-order valence-electron chi connectivity index (χ0n) is 19.8. The van der Waals surface area contributed by atoms with Gasteiger partial charge in [0.2, 0.25) is 0 Å². The minimum Gasteiger partial charge on any atom is -0.507 e. The summed E-state index contributed by atoms with van der Waals surface area (Å²) in [6.45, 7) is 2.67. The number of amides is 1. The molecule has 3 rings (SSSR count). The Morgan fingerprint density at radius 2 is 1.73 bits per heavy atom. The number of nitrogens with zero attached hydrogens (tertiary/aromatic N) is 2. The van der Waals surface area contributed by atoms with Crippen molar-refractivity contribution in [2.75, 3.05) is 48.5 Å². The van der Waals surface area contributed by atoms with Crippen LogP contribution in [-0.4, -0.2) is 75.1 Å². The Hall–Kier alpha value is -3.52. The lowest BCUT2D eigenvalue weighted by molar-refractivity contribution is -0.140. The van der Waals surface area contributed by atoms with Gasteiger partial charge in [0.15, 0.2) is 11.5 Å². The summed E-state index contributed by atoms with van der Waals surface area (Å²) in [7, 11) is 8.36. The summed E-state index contributed by atoms with van der Waals surface area (Å²) >= 11 is 0. The van der Waals surface area contributed by atoms with Gasteiger partial charge in [-0.25, -0.2) is 0 Å². The highest BCUT2D eigenvalue weighted by Gasteiger charge is 2.47. The number of hydrogen-bond acceptors (Lipinski definition) is 7. The van der Waals surface area contributed by atoms with Crippen molar-refractivity contribution in [3.63, 3.8) is 0 Å². The largest absolute Gasteiger partial charge is 0.507 e. The molecule has 1 saturated heterocycles. The molecule has 0 saturated carbocycles. The summed E-state index contributed by atoms with van der Waals surface area (Å²) in [5.41, 5.74) is 1.78. The van der Waals surface area contributed by atoms with Crippen molar-refractivity contribution >= 4 is 17.4 Å². The van der Waals surface area contributed by atoms with Crippen LogP contribution in [0.4, 0.5) is 0 Å². The van der Waals surface area contributed by atoms with E-state index in [1.54, 1.807) is 43.5 Å². The monoisotopic (exact) mass is 454 g/mol. The van der Waals surface area contributed by atoms with Crippen molar-refractivity contribution in [2.45, 2.75) is 13.0 Å². The van der Waals surface area contributed by atoms with Gasteiger partial charge >= 0.3 is 0 Å². The Morgan fingerprint density at radius 1 is 1.03 bits per heavy atom. The van der Waals surface area contributed by atoms with Crippen molar-refractivity contribution in [1.82, 2.24) is 9.80 Å². The van der Waals surface area contributed by atoms with E-state index in [-0.39, 0.29) is 11.3 Å². The third-order valence-corrected chi connectivity index (χ3v) is 5.72. The first kappa shape index (κ1) is 24.1. The van der Waals surface area contributed by atoms with Gasteiger partial charge in [0, 0.05) is 24.2 Å². The molecule has 0 bridgehead atoms. The maximum Gasteiger partial charge on any atom is 0.295 e. The molecule has 1 fully saturated rings. The highest BCUT2D eigenvalue weighted by atomic mass is 16.5. The van der Waals surface area contributed by atoms with Crippen LogP contribution in [0.15, 0.2) is 42.0 Å². The molecule has 2 aromatic rings. The fourth-order valence-corrected chi connectivity index (χ4v) is 4.05. The maximum atomic E-state index is 13.2. The third-order valence-electron chi connectivity index (χ3n) is 5.72. The normalized spacial score (nSPS) is 17.5. The Kier molecular flexibility index (Phi) is 7.28. The van der Waals surface area contributed by atoms with Gasteiger partial charge in [-0.05, 0) is 50.8 Å². The number of likely N-dealkylation sites (tertiary alicyclic amines) is 1. The molecule has 0 aliphatic carbocycles. The predicted octanol–water partition coefficient (Wildman–Crippen LogP) is 3.00. The Balaban J connectivity index is 2.25. The second-order valence-electron chi connectivity index (χ2n) is 8.06. The number of para-hydroxylation sites is 1. The first-order valence-corrected chi connectivity index (χ1v) is 10.5. The zero-order valence-corrected chi connectivity index (χ0v) is 19.8. The SMILES string of the molecule is COc1ccc(/C(O)=C2\C(=O)C(=O)N(CCN(C)C)[C@@H]2c2cccc(OC)c2OC)cc1C. The first-order valence-electron chi connectivity index (χ1n) is 10.5. The fraction of sp³-hybridized carbons (Fsp3) is 0.360. The standard InChI is InChI=1S/C25H30N2O6/c1-15-14-16(10-11-18(15)31-4)22(28)20-21(17-8-7-9-19(32-5)24(17)33-6)27(13-12-26(2)3)25(30)23(20)29/h7-11,14,21,28H,12-13H2,1-6H3/b22-20+/t21-/m1/s1. The van der Waals surface area contributed by atoms with Crippen LogP contribution in [-0.2, 0) is 9.59 Å². The lowest BCUT2D eigenvalue weighted by Gasteiger charge is -2.28. The Labute approximate surface area is 194 Å². The van der Waals surface area contributed by atoms with Crippen LogP contribution < -0.4 is 14.2 Å². The summed E-state index contributed by atoms with van der Waals surface area (Å²) in [6, 6.07) is 9.54. The molecule has 1 atom stereocenters. The minimum absolute atomic E-state index is 0.00914. The number of hydrogen-bond donors (Lipinski definition) is 1. The van der Waals surface area contributed by atoms with Gasteiger partial charge in [0.1, 0.15) is 11.5 Å². The highest BCUT2D eigenvalue weighted by molar-refractivity contribution is 6.46. The van der Waals surface area contributed by atoms with Crippen molar-refractivity contribution in [2.24, 2.45) is 0 Å². The number of rotatable bonds is 8. The molecule has 0 unspecified atom stereocenters. The van der Waals surface area contributed by atoms with Crippen LogP contribution in [0.5, 0.6) is 17.2 Å². The predicted molar refractivity (Wildman–Crippen MR) is 125 cm³/mol. The minimum atomic E-state index is -0.836. The number of likely N-dealkylation sites (N-methyl/N-ethyl adjacent to an activating group) is 1. The number of methoxy groups -OCH3 is 3. The quantitative estimate of drug-likeness (QED) is 0.373. The van der Waals surface area contributed by atoms with E-state index in [2.05, 4.69) is 0 Å². The van der Waals surface area contributed by atoms with Crippen LogP contribution in [0.2, 0.25) is 0 Å². The van der Waals surface area contributed by atoms with Crippen LogP contribution in [0.25, 0.3) is 5.76 Å². The van der Waals surface area contributed by atoms with E-state index >= 15 is 0 Å². The molecule has 0 radical (unpaired) electrons. The number of benzene rings is 2. The number of carbonyl (C=O) groups excluding carboxylic acids is 2. The van der Waals surface area contributed by atoms with E-state index in [0.29, 0.717) is 41.5 Å². The summed E-state index contributed by atoms with van der Waals surface area (Å²) < 4.78 is 16.3. The summed E-state index contributed by atoms with van der Waals surface area (Å²) in [5, 5.41) is 11.3. The number of aryl methyl sites for hydroxylation is 1. The summed E-state index contributed by atoms with van der Waals surface area (Å²) in [6.07, 6.45) is 0. The smallest absolute Gasteiger partial charge is 0.295 e. The lowest BCUT2D eigenvalue weighted by Crippen LogP contribution is -2.35. The van der Waals surface area contributed by atoms with Gasteiger partial charge in [0.05, 0.1) is 32.9 Å². The van der Waals surface area contributed by atoms with Gasteiger partial charge in [0.25, 0.3) is 11.7 Å². The van der Waals surface area contributed by atoms with Crippen LogP contribution in [0.1, 0.15) is 22.7 Å². The zero-order chi connectivity index (χ0) is 24.3. The molecular weight excluding hydrogens is 424 g/mol. The molecule has 1 amide bonds. The van der Waals surface area contributed by atoms with Gasteiger partial charge < -0.3 is 29.1 Å². The Morgan fingerprint density at radius 3 is 2.30 bits per heavy atom. The van der Waals surface area contributed by atoms with Gasteiger partial charge in [-0.15, -0.1) is 0 Å². The molecule has 0 spiro atoms. The van der Waals surface area contributed by atoms with Crippen molar-refractivity contribution in [1.29, 1.82) is 0 Å². The second-order valence-corrected chi connectivity index (χ2v) is 8.06. The number of carbonyl (C=O) groups is 2. The van der Waals surface area contributed by atoms with Crippen LogP contribution >= 0.6 is 0 Å². The number of Topliss-reactive ketones (excluding diaryl/α,β-unsaturated/α-hetero) is 1. The lowest BCUT2D eigenvalue weighted by atomic mass is 9.94. The molecule has 1 heterocycles. The van der Waals surface area contributed by atoms with Gasteiger partial charge in [-0.3, -0.25) is 9.59 Å². The first-order chi connectivity index (χ1) is 15.7. The molecule has 0 aromatic heterocycles. The van der Waals surface area contributed by atoms with E-state index in [0.717, 1.165) is 5.56 Å². The van der Waals surface area contributed by atoms with Crippen molar-refractivity contribution < 1.29 is 28.9 Å². The van der Waals surface area contributed by atoms with Crippen molar-refractivity contribution in [3.05, 3.63) is 58.7 Å². The van der Waals surface area contributed by atoms with E-state index in [4.69, 9.17) is 14.2 Å². The van der Waals surface area contributed by atoms with E-state index in [1.165, 1.54) is 19.1 Å². The molecule has 33 heavy (non-hydrogen) atoms. The topological polar surface area (TPSA) is 88.5 Å². The van der Waals surface area contributed by atoms with E-state index < -0.39 is 17.7 Å². The van der Waals surface area contributed by atoms with E-state index in [1.807, 2.05) is 25.9 Å². The summed E-state index contributed by atoms with van der Waals surface area (Å²) in [4.78, 5) is 29.7. The Bertz CT molecular complexity index is 1090. The number of aliphatic hydroxyl groups is 1. The molecule has 1 aliphatic rings.